The summed E-state index contributed by atoms with van der Waals surface area (Å²) in [5.74, 6) is 0.335. The van der Waals surface area contributed by atoms with Gasteiger partial charge in [-0.25, -0.2) is 9.37 Å². The third-order valence-electron chi connectivity index (χ3n) is 2.77. The number of aromatic nitrogens is 2. The Kier molecular flexibility index (Phi) is 3.82. The zero-order chi connectivity index (χ0) is 13.0. The summed E-state index contributed by atoms with van der Waals surface area (Å²) >= 11 is 0. The van der Waals surface area contributed by atoms with Crippen LogP contribution in [0.3, 0.4) is 0 Å². The maximum absolute atomic E-state index is 13.6. The van der Waals surface area contributed by atoms with E-state index in [1.54, 1.807) is 31.8 Å². The number of halogens is 1. The van der Waals surface area contributed by atoms with Crippen LogP contribution in [0.5, 0.6) is 5.75 Å². The zero-order valence-electron chi connectivity index (χ0n) is 10.5. The minimum Gasteiger partial charge on any atom is -0.497 e. The summed E-state index contributed by atoms with van der Waals surface area (Å²) in [5.41, 5.74) is 1.44. The Hall–Kier alpha value is -2.04. The molecule has 18 heavy (non-hydrogen) atoms. The molecule has 0 atom stereocenters. The molecule has 0 aliphatic carbocycles. The van der Waals surface area contributed by atoms with Crippen molar-refractivity contribution in [2.45, 2.75) is 20.0 Å². The number of hydrogen-bond acceptors (Lipinski definition) is 3. The molecule has 0 radical (unpaired) electrons. The number of rotatable bonds is 5. The van der Waals surface area contributed by atoms with Gasteiger partial charge < -0.3 is 14.6 Å². The first-order chi connectivity index (χ1) is 8.74. The van der Waals surface area contributed by atoms with Crippen molar-refractivity contribution in [1.29, 1.82) is 0 Å². The fourth-order valence-electron chi connectivity index (χ4n) is 1.73. The number of benzene rings is 1. The van der Waals surface area contributed by atoms with Crippen molar-refractivity contribution in [3.05, 3.63) is 42.2 Å². The van der Waals surface area contributed by atoms with Gasteiger partial charge in [-0.1, -0.05) is 0 Å². The van der Waals surface area contributed by atoms with Crippen LogP contribution in [0, 0.1) is 5.82 Å². The number of hydrogen-bond donors (Lipinski definition) is 1. The molecule has 0 amide bonds. The molecule has 5 heteroatoms. The Morgan fingerprint density at radius 2 is 2.28 bits per heavy atom. The van der Waals surface area contributed by atoms with Crippen LogP contribution in [-0.4, -0.2) is 16.7 Å². The van der Waals surface area contributed by atoms with Crippen molar-refractivity contribution in [3.8, 4) is 5.75 Å². The third kappa shape index (κ3) is 2.61. The van der Waals surface area contributed by atoms with Gasteiger partial charge in [-0.15, -0.1) is 0 Å². The standard InChI is InChI=1S/C13H16FN3O/c1-3-17-9-15-7-10(17)8-16-13-6-11(18-2)4-5-12(13)14/h4-7,9,16H,3,8H2,1-2H3. The summed E-state index contributed by atoms with van der Waals surface area (Å²) in [5, 5.41) is 3.05. The number of nitrogens with one attached hydrogen (secondary N) is 1. The van der Waals surface area contributed by atoms with E-state index in [-0.39, 0.29) is 5.82 Å². The molecule has 96 valence electrons. The van der Waals surface area contributed by atoms with Crippen LogP contribution in [0.1, 0.15) is 12.6 Å². The number of methoxy groups -OCH3 is 1. The molecule has 0 saturated heterocycles. The molecule has 1 aromatic carbocycles. The molecule has 1 heterocycles. The summed E-state index contributed by atoms with van der Waals surface area (Å²) in [6.45, 7) is 3.41. The van der Waals surface area contributed by atoms with Gasteiger partial charge >= 0.3 is 0 Å². The average molecular weight is 249 g/mol. The molecule has 2 rings (SSSR count). The lowest BCUT2D eigenvalue weighted by Crippen LogP contribution is -2.07. The normalized spacial score (nSPS) is 10.4. The van der Waals surface area contributed by atoms with Gasteiger partial charge in [0.1, 0.15) is 11.6 Å². The van der Waals surface area contributed by atoms with E-state index in [1.807, 2.05) is 11.5 Å². The van der Waals surface area contributed by atoms with Crippen molar-refractivity contribution in [2.75, 3.05) is 12.4 Å². The summed E-state index contributed by atoms with van der Waals surface area (Å²) < 4.78 is 20.6. The first-order valence-electron chi connectivity index (χ1n) is 5.81. The first-order valence-corrected chi connectivity index (χ1v) is 5.81. The molecule has 1 N–H and O–H groups in total. The van der Waals surface area contributed by atoms with Gasteiger partial charge in [-0.3, -0.25) is 0 Å². The van der Waals surface area contributed by atoms with Crippen molar-refractivity contribution in [2.24, 2.45) is 0 Å². The second-order valence-corrected chi connectivity index (χ2v) is 3.87. The topological polar surface area (TPSA) is 39.1 Å². The molecular weight excluding hydrogens is 233 g/mol. The van der Waals surface area contributed by atoms with Gasteiger partial charge in [0.2, 0.25) is 0 Å². The van der Waals surface area contributed by atoms with Crippen molar-refractivity contribution >= 4 is 5.69 Å². The molecule has 0 bridgehead atoms. The molecule has 1 aromatic heterocycles. The van der Waals surface area contributed by atoms with Gasteiger partial charge in [-0.05, 0) is 19.1 Å². The minimum absolute atomic E-state index is 0.293. The van der Waals surface area contributed by atoms with E-state index >= 15 is 0 Å². The zero-order valence-corrected chi connectivity index (χ0v) is 10.5. The number of nitrogens with zero attached hydrogens (tertiary/aromatic N) is 2. The van der Waals surface area contributed by atoms with E-state index in [0.29, 0.717) is 18.0 Å². The molecule has 0 aliphatic rings. The fourth-order valence-corrected chi connectivity index (χ4v) is 1.73. The van der Waals surface area contributed by atoms with Crippen molar-refractivity contribution in [1.82, 2.24) is 9.55 Å². The Morgan fingerprint density at radius 1 is 1.44 bits per heavy atom. The van der Waals surface area contributed by atoms with Crippen molar-refractivity contribution < 1.29 is 9.13 Å². The van der Waals surface area contributed by atoms with Gasteiger partial charge in [0.25, 0.3) is 0 Å². The maximum atomic E-state index is 13.6. The number of ether oxygens (including phenoxy) is 1. The van der Waals surface area contributed by atoms with Crippen LogP contribution in [-0.2, 0) is 13.1 Å². The lowest BCUT2D eigenvalue weighted by Gasteiger charge is -2.10. The molecule has 0 aliphatic heterocycles. The van der Waals surface area contributed by atoms with Gasteiger partial charge in [0.05, 0.1) is 31.4 Å². The predicted octanol–water partition coefficient (Wildman–Crippen LogP) is 2.66. The van der Waals surface area contributed by atoms with Crippen LogP contribution >= 0.6 is 0 Å². The molecule has 0 fully saturated rings. The fraction of sp³-hybridized carbons (Fsp3) is 0.308. The molecule has 0 spiro atoms. The largest absolute Gasteiger partial charge is 0.497 e. The number of imidazole rings is 1. The highest BCUT2D eigenvalue weighted by Crippen LogP contribution is 2.21. The summed E-state index contributed by atoms with van der Waals surface area (Å²) in [6, 6.07) is 4.62. The molecule has 4 nitrogen and oxygen atoms in total. The molecule has 2 aromatic rings. The van der Waals surface area contributed by atoms with Gasteiger partial charge in [0.15, 0.2) is 0 Å². The van der Waals surface area contributed by atoms with Crippen LogP contribution in [0.15, 0.2) is 30.7 Å². The second kappa shape index (κ2) is 5.53. The van der Waals surface area contributed by atoms with Crippen LogP contribution < -0.4 is 10.1 Å². The SMILES string of the molecule is CCn1cncc1CNc1cc(OC)ccc1F. The Labute approximate surface area is 105 Å². The number of aryl methyl sites for hydroxylation is 1. The van der Waals surface area contributed by atoms with E-state index in [1.165, 1.54) is 6.07 Å². The first kappa shape index (κ1) is 12.4. The van der Waals surface area contributed by atoms with E-state index in [9.17, 15) is 4.39 Å². The maximum Gasteiger partial charge on any atom is 0.146 e. The highest BCUT2D eigenvalue weighted by atomic mass is 19.1. The lowest BCUT2D eigenvalue weighted by atomic mass is 10.2. The molecule has 0 saturated carbocycles. The Balaban J connectivity index is 2.10. The smallest absolute Gasteiger partial charge is 0.146 e. The van der Waals surface area contributed by atoms with Crippen LogP contribution in [0.4, 0.5) is 10.1 Å². The van der Waals surface area contributed by atoms with Crippen LogP contribution in [0.25, 0.3) is 0 Å². The van der Waals surface area contributed by atoms with E-state index in [4.69, 9.17) is 4.74 Å². The van der Waals surface area contributed by atoms with Gasteiger partial charge in [0, 0.05) is 18.8 Å². The molecular formula is C13H16FN3O. The monoisotopic (exact) mass is 249 g/mol. The van der Waals surface area contributed by atoms with Crippen LogP contribution in [0.2, 0.25) is 0 Å². The van der Waals surface area contributed by atoms with Crippen molar-refractivity contribution in [3.63, 3.8) is 0 Å². The predicted molar refractivity (Wildman–Crippen MR) is 68.2 cm³/mol. The Morgan fingerprint density at radius 3 is 3.00 bits per heavy atom. The summed E-state index contributed by atoms with van der Waals surface area (Å²) in [7, 11) is 1.56. The molecule has 0 unspecified atom stereocenters. The van der Waals surface area contributed by atoms with E-state index in [2.05, 4.69) is 10.3 Å². The average Bonchev–Trinajstić information content (AvgIpc) is 2.85. The Bertz CT molecular complexity index is 525. The minimum atomic E-state index is -0.293. The highest BCUT2D eigenvalue weighted by molar-refractivity contribution is 5.49. The van der Waals surface area contributed by atoms with E-state index in [0.717, 1.165) is 12.2 Å². The van der Waals surface area contributed by atoms with E-state index < -0.39 is 0 Å². The second-order valence-electron chi connectivity index (χ2n) is 3.87. The summed E-state index contributed by atoms with van der Waals surface area (Å²) in [4.78, 5) is 4.07. The third-order valence-corrected chi connectivity index (χ3v) is 2.77. The quantitative estimate of drug-likeness (QED) is 0.885. The van der Waals surface area contributed by atoms with Gasteiger partial charge in [-0.2, -0.15) is 0 Å². The number of anilines is 1. The summed E-state index contributed by atoms with van der Waals surface area (Å²) in [6.07, 6.45) is 3.54. The highest BCUT2D eigenvalue weighted by Gasteiger charge is 2.05. The lowest BCUT2D eigenvalue weighted by molar-refractivity contribution is 0.414.